The summed E-state index contributed by atoms with van der Waals surface area (Å²) in [6.45, 7) is 4.40. The minimum Gasteiger partial charge on any atom is -0.356 e. The van der Waals surface area contributed by atoms with Crippen molar-refractivity contribution in [2.45, 2.75) is 45.2 Å². The highest BCUT2D eigenvalue weighted by atomic mass is 35.5. The topological polar surface area (TPSA) is 111 Å². The number of carbonyl (C=O) groups excluding carboxylic acids is 3. The first-order valence-corrected chi connectivity index (χ1v) is 10.2. The normalized spacial score (nSPS) is 17.9. The molecular formula is C20H24Cl2N4O3. The lowest BCUT2D eigenvalue weighted by Gasteiger charge is -2.23. The Morgan fingerprint density at radius 2 is 1.93 bits per heavy atom. The van der Waals surface area contributed by atoms with E-state index in [9.17, 15) is 19.6 Å². The van der Waals surface area contributed by atoms with Crippen molar-refractivity contribution in [1.82, 2.24) is 16.0 Å². The first-order valence-electron chi connectivity index (χ1n) is 9.45. The second kappa shape index (κ2) is 10.5. The molecule has 0 bridgehead atoms. The molecule has 1 aromatic rings. The molecule has 1 aliphatic rings. The van der Waals surface area contributed by atoms with Crippen LogP contribution in [-0.4, -0.2) is 36.3 Å². The maximum atomic E-state index is 12.8. The lowest BCUT2D eigenvalue weighted by Crippen LogP contribution is -2.50. The van der Waals surface area contributed by atoms with Crippen molar-refractivity contribution >= 4 is 40.9 Å². The number of benzene rings is 1. The zero-order chi connectivity index (χ0) is 21.6. The van der Waals surface area contributed by atoms with Crippen LogP contribution in [0.15, 0.2) is 18.2 Å². The zero-order valence-electron chi connectivity index (χ0n) is 16.3. The molecule has 156 valence electrons. The van der Waals surface area contributed by atoms with E-state index in [1.165, 1.54) is 12.1 Å². The van der Waals surface area contributed by atoms with Crippen molar-refractivity contribution < 1.29 is 14.4 Å². The molecule has 0 aliphatic carbocycles. The molecule has 9 heteroatoms. The van der Waals surface area contributed by atoms with Gasteiger partial charge in [0.1, 0.15) is 12.1 Å². The molecule has 0 unspecified atom stereocenters. The highest BCUT2D eigenvalue weighted by Crippen LogP contribution is 2.24. The summed E-state index contributed by atoms with van der Waals surface area (Å²) in [7, 11) is 0. The fourth-order valence-corrected chi connectivity index (χ4v) is 3.79. The maximum Gasteiger partial charge on any atom is 0.254 e. The van der Waals surface area contributed by atoms with Gasteiger partial charge in [-0.15, -0.1) is 0 Å². The molecule has 2 rings (SSSR count). The fourth-order valence-electron chi connectivity index (χ4n) is 3.22. The predicted molar refractivity (Wildman–Crippen MR) is 110 cm³/mol. The van der Waals surface area contributed by atoms with E-state index < -0.39 is 23.9 Å². The van der Waals surface area contributed by atoms with Gasteiger partial charge < -0.3 is 16.0 Å². The second-order valence-corrected chi connectivity index (χ2v) is 8.27. The summed E-state index contributed by atoms with van der Waals surface area (Å²) < 4.78 is 0. The van der Waals surface area contributed by atoms with E-state index >= 15 is 0 Å². The number of rotatable bonds is 8. The van der Waals surface area contributed by atoms with Crippen LogP contribution < -0.4 is 16.0 Å². The minimum absolute atomic E-state index is 0.0943. The molecule has 7 nitrogen and oxygen atoms in total. The Morgan fingerprint density at radius 3 is 2.45 bits per heavy atom. The van der Waals surface area contributed by atoms with Crippen LogP contribution in [0.2, 0.25) is 10.0 Å². The van der Waals surface area contributed by atoms with Crippen LogP contribution >= 0.6 is 23.2 Å². The summed E-state index contributed by atoms with van der Waals surface area (Å²) in [5, 5.41) is 17.8. The van der Waals surface area contributed by atoms with E-state index in [-0.39, 0.29) is 39.8 Å². The summed E-state index contributed by atoms with van der Waals surface area (Å²) >= 11 is 12.2. The van der Waals surface area contributed by atoms with Crippen LogP contribution in [0.3, 0.4) is 0 Å². The molecule has 1 aromatic carbocycles. The van der Waals surface area contributed by atoms with Crippen molar-refractivity contribution in [1.29, 1.82) is 5.26 Å². The van der Waals surface area contributed by atoms with Gasteiger partial charge in [-0.1, -0.05) is 43.1 Å². The number of nitrogens with zero attached hydrogens (tertiary/aromatic N) is 1. The number of nitrogens with one attached hydrogen (secondary N) is 3. The van der Waals surface area contributed by atoms with Crippen molar-refractivity contribution in [3.8, 4) is 6.07 Å². The zero-order valence-corrected chi connectivity index (χ0v) is 17.8. The fraction of sp³-hybridized carbons (Fsp3) is 0.500. The molecule has 0 radical (unpaired) electrons. The molecule has 3 amide bonds. The summed E-state index contributed by atoms with van der Waals surface area (Å²) in [5.41, 5.74) is 0.0943. The molecule has 1 heterocycles. The lowest BCUT2D eigenvalue weighted by atomic mass is 9.98. The van der Waals surface area contributed by atoms with E-state index in [4.69, 9.17) is 23.2 Å². The Labute approximate surface area is 180 Å². The van der Waals surface area contributed by atoms with Gasteiger partial charge in [-0.3, -0.25) is 14.4 Å². The number of carbonyl (C=O) groups is 3. The van der Waals surface area contributed by atoms with Crippen LogP contribution in [0, 0.1) is 23.2 Å². The van der Waals surface area contributed by atoms with E-state index in [1.807, 2.05) is 19.9 Å². The van der Waals surface area contributed by atoms with Crippen LogP contribution in [0.4, 0.5) is 0 Å². The Kier molecular flexibility index (Phi) is 8.30. The largest absolute Gasteiger partial charge is 0.356 e. The molecule has 1 aliphatic heterocycles. The molecule has 1 saturated heterocycles. The third-order valence-electron chi connectivity index (χ3n) is 4.67. The van der Waals surface area contributed by atoms with Gasteiger partial charge in [-0.2, -0.15) is 5.26 Å². The Morgan fingerprint density at radius 1 is 1.28 bits per heavy atom. The maximum absolute atomic E-state index is 12.8. The van der Waals surface area contributed by atoms with Gasteiger partial charge in [0.05, 0.1) is 21.7 Å². The van der Waals surface area contributed by atoms with Gasteiger partial charge in [-0.05, 0) is 37.3 Å². The lowest BCUT2D eigenvalue weighted by molar-refractivity contribution is -0.125. The van der Waals surface area contributed by atoms with Crippen molar-refractivity contribution in [3.05, 3.63) is 33.8 Å². The molecule has 29 heavy (non-hydrogen) atoms. The van der Waals surface area contributed by atoms with Gasteiger partial charge in [0.15, 0.2) is 0 Å². The summed E-state index contributed by atoms with van der Waals surface area (Å²) in [6, 6.07) is 5.03. The van der Waals surface area contributed by atoms with Crippen molar-refractivity contribution in [2.75, 3.05) is 6.54 Å². The summed E-state index contributed by atoms with van der Waals surface area (Å²) in [5.74, 6) is -1.36. The van der Waals surface area contributed by atoms with Crippen LogP contribution in [0.1, 0.15) is 43.5 Å². The SMILES string of the molecule is CC(C)C[C@H](NC(=O)c1c(Cl)cccc1Cl)C(=O)N[C@H](C#N)C[C@@H]1CCNC1=O. The third kappa shape index (κ3) is 6.34. The van der Waals surface area contributed by atoms with Crippen LogP contribution in [0.25, 0.3) is 0 Å². The van der Waals surface area contributed by atoms with Gasteiger partial charge >= 0.3 is 0 Å². The number of nitriles is 1. The molecule has 3 atom stereocenters. The van der Waals surface area contributed by atoms with Crippen molar-refractivity contribution in [3.63, 3.8) is 0 Å². The molecule has 0 spiro atoms. The highest BCUT2D eigenvalue weighted by molar-refractivity contribution is 6.39. The van der Waals surface area contributed by atoms with E-state index in [2.05, 4.69) is 16.0 Å². The van der Waals surface area contributed by atoms with E-state index in [1.54, 1.807) is 6.07 Å². The minimum atomic E-state index is -0.872. The number of amides is 3. The molecule has 1 fully saturated rings. The average Bonchev–Trinajstić information content (AvgIpc) is 3.04. The second-order valence-electron chi connectivity index (χ2n) is 7.45. The third-order valence-corrected chi connectivity index (χ3v) is 5.30. The van der Waals surface area contributed by atoms with Crippen molar-refractivity contribution in [2.24, 2.45) is 11.8 Å². The van der Waals surface area contributed by atoms with Gasteiger partial charge in [0, 0.05) is 12.5 Å². The Balaban J connectivity index is 2.09. The molecular weight excluding hydrogens is 415 g/mol. The quantitative estimate of drug-likeness (QED) is 0.578. The summed E-state index contributed by atoms with van der Waals surface area (Å²) in [4.78, 5) is 37.2. The first kappa shape index (κ1) is 23.0. The summed E-state index contributed by atoms with van der Waals surface area (Å²) in [6.07, 6.45) is 1.22. The predicted octanol–water partition coefficient (Wildman–Crippen LogP) is 2.67. The molecule has 0 aromatic heterocycles. The molecule has 0 saturated carbocycles. The smallest absolute Gasteiger partial charge is 0.254 e. The van der Waals surface area contributed by atoms with E-state index in [0.717, 1.165) is 0 Å². The van der Waals surface area contributed by atoms with Crippen LogP contribution in [0.5, 0.6) is 0 Å². The number of hydrogen-bond acceptors (Lipinski definition) is 4. The van der Waals surface area contributed by atoms with Gasteiger partial charge in [-0.25, -0.2) is 0 Å². The Bertz CT molecular complexity index is 802. The average molecular weight is 439 g/mol. The van der Waals surface area contributed by atoms with Crippen LogP contribution in [-0.2, 0) is 9.59 Å². The highest BCUT2D eigenvalue weighted by Gasteiger charge is 2.30. The van der Waals surface area contributed by atoms with Gasteiger partial charge in [0.2, 0.25) is 11.8 Å². The standard InChI is InChI=1S/C20H24Cl2N4O3/c1-11(2)8-16(26-20(29)17-14(21)4-3-5-15(17)22)19(28)25-13(10-23)9-12-6-7-24-18(12)27/h3-5,11-13,16H,6-9H2,1-2H3,(H,24,27)(H,25,28)(H,26,29)/t12-,13-,16-/m0/s1. The first-order chi connectivity index (χ1) is 13.7. The monoisotopic (exact) mass is 438 g/mol. The Hall–Kier alpha value is -2.30. The van der Waals surface area contributed by atoms with E-state index in [0.29, 0.717) is 19.4 Å². The number of halogens is 2. The number of hydrogen-bond donors (Lipinski definition) is 3. The van der Waals surface area contributed by atoms with Gasteiger partial charge in [0.25, 0.3) is 5.91 Å². The molecule has 3 N–H and O–H groups in total.